The second-order valence-electron chi connectivity index (χ2n) is 11.8. The Bertz CT molecular complexity index is 1790. The summed E-state index contributed by atoms with van der Waals surface area (Å²) in [5.74, 6) is -1.47. The van der Waals surface area contributed by atoms with Crippen LogP contribution in [-0.2, 0) is 25.2 Å². The van der Waals surface area contributed by atoms with E-state index in [0.717, 1.165) is 30.2 Å². The third-order valence-electron chi connectivity index (χ3n) is 7.48. The zero-order valence-electron chi connectivity index (χ0n) is 29.2. The number of benzene rings is 5. The largest absolute Gasteiger partial charge is 0.419 e. The molecule has 0 aromatic heterocycles. The molecule has 13 heteroatoms. The summed E-state index contributed by atoms with van der Waals surface area (Å²) in [6.07, 6.45) is -7.84. The Balaban J connectivity index is 0.000000247. The zero-order valence-corrected chi connectivity index (χ0v) is 29.9. The van der Waals surface area contributed by atoms with Gasteiger partial charge in [-0.2, -0.15) is 26.3 Å². The first-order chi connectivity index (χ1) is 24.9. The minimum atomic E-state index is -4.67. The van der Waals surface area contributed by atoms with Crippen LogP contribution < -0.4 is 22.9 Å². The van der Waals surface area contributed by atoms with Crippen molar-refractivity contribution in [1.82, 2.24) is 0 Å². The average Bonchev–Trinajstić information content (AvgIpc) is 3.11. The topological polar surface area (TPSA) is 104 Å². The van der Waals surface area contributed by atoms with Gasteiger partial charge in [-0.25, -0.2) is 8.78 Å². The number of halogens is 9. The smallest absolute Gasteiger partial charge is 0.330 e. The van der Waals surface area contributed by atoms with Gasteiger partial charge in [-0.3, -0.25) is 0 Å². The quantitative estimate of drug-likeness (QED) is 0.124. The van der Waals surface area contributed by atoms with Crippen LogP contribution in [0.25, 0.3) is 11.1 Å². The summed E-state index contributed by atoms with van der Waals surface area (Å²) in [6, 6.07) is 31.3. The molecular formula is C40H43ClF8N4. The minimum Gasteiger partial charge on any atom is -0.330 e. The fraction of sp³-hybridized carbons (Fsp3) is 0.250. The molecule has 0 heterocycles. The van der Waals surface area contributed by atoms with E-state index in [4.69, 9.17) is 34.5 Å². The maximum Gasteiger partial charge on any atom is 0.419 e. The maximum atomic E-state index is 12.8. The Morgan fingerprint density at radius 1 is 0.547 bits per heavy atom. The van der Waals surface area contributed by atoms with E-state index in [1.807, 2.05) is 13.0 Å². The standard InChI is InChI=1S/C14H15N.C9H9ClF3N.C9H9F4N.C8H10FN/c1-11(15)12-7-9-14(10-8-12)13-5-3-2-4-6-13;10-8-2-1-6(3-4-14)5-7(8)9(11,12)13;1-5(14)6-2-3-8(10)7(4-6)9(11,12)13;9-8-3-1-7(2-4-8)5-6-10/h2-11H,15H2,1H3;1-2,5H,3-4,14H2;2-5H,14H2,1H3;1-4H,5-6,10H2. The van der Waals surface area contributed by atoms with E-state index < -0.39 is 35.3 Å². The molecule has 0 bridgehead atoms. The first kappa shape index (κ1) is 44.8. The second kappa shape index (κ2) is 21.4. The molecule has 0 saturated heterocycles. The Kier molecular flexibility index (Phi) is 18.1. The zero-order chi connectivity index (χ0) is 39.8. The number of alkyl halides is 6. The van der Waals surface area contributed by atoms with Gasteiger partial charge in [0.1, 0.15) is 11.6 Å². The predicted molar refractivity (Wildman–Crippen MR) is 197 cm³/mol. The Labute approximate surface area is 309 Å². The molecule has 53 heavy (non-hydrogen) atoms. The number of nitrogens with two attached hydrogens (primary N) is 4. The highest BCUT2D eigenvalue weighted by Gasteiger charge is 2.34. The maximum absolute atomic E-state index is 12.8. The molecule has 0 aliphatic heterocycles. The van der Waals surface area contributed by atoms with Gasteiger partial charge in [-0.1, -0.05) is 90.5 Å². The molecule has 5 aromatic rings. The number of hydrogen-bond acceptors (Lipinski definition) is 4. The summed E-state index contributed by atoms with van der Waals surface area (Å²) in [5.41, 5.74) is 25.2. The van der Waals surface area contributed by atoms with Crippen LogP contribution in [0.3, 0.4) is 0 Å². The predicted octanol–water partition coefficient (Wildman–Crippen LogP) is 10.4. The lowest BCUT2D eigenvalue weighted by Gasteiger charge is -2.11. The van der Waals surface area contributed by atoms with Crippen LogP contribution in [0.4, 0.5) is 35.1 Å². The van der Waals surface area contributed by atoms with Crippen LogP contribution >= 0.6 is 11.6 Å². The molecule has 4 nitrogen and oxygen atoms in total. The first-order valence-corrected chi connectivity index (χ1v) is 16.8. The van der Waals surface area contributed by atoms with Gasteiger partial charge in [0, 0.05) is 12.1 Å². The van der Waals surface area contributed by atoms with Crippen LogP contribution in [-0.4, -0.2) is 13.1 Å². The molecule has 0 aliphatic rings. The van der Waals surface area contributed by atoms with Gasteiger partial charge in [0.15, 0.2) is 0 Å². The fourth-order valence-corrected chi connectivity index (χ4v) is 4.81. The molecule has 2 atom stereocenters. The van der Waals surface area contributed by atoms with Crippen molar-refractivity contribution in [2.24, 2.45) is 22.9 Å². The summed E-state index contributed by atoms with van der Waals surface area (Å²) >= 11 is 5.43. The molecule has 0 saturated carbocycles. The van der Waals surface area contributed by atoms with Crippen LogP contribution in [0, 0.1) is 11.6 Å². The third kappa shape index (κ3) is 15.7. The lowest BCUT2D eigenvalue weighted by molar-refractivity contribution is -0.140. The van der Waals surface area contributed by atoms with E-state index in [0.29, 0.717) is 25.1 Å². The van der Waals surface area contributed by atoms with E-state index in [-0.39, 0.29) is 22.4 Å². The van der Waals surface area contributed by atoms with Crippen LogP contribution in [0.2, 0.25) is 5.02 Å². The van der Waals surface area contributed by atoms with Gasteiger partial charge < -0.3 is 22.9 Å². The second-order valence-corrected chi connectivity index (χ2v) is 12.2. The molecule has 5 rings (SSSR count). The molecule has 0 fully saturated rings. The Hall–Kier alpha value is -4.33. The Morgan fingerprint density at radius 3 is 1.51 bits per heavy atom. The summed E-state index contributed by atoms with van der Waals surface area (Å²) in [4.78, 5) is 0. The molecular weight excluding hydrogens is 724 g/mol. The van der Waals surface area contributed by atoms with Crippen molar-refractivity contribution >= 4 is 11.6 Å². The molecule has 0 aliphatic carbocycles. The Morgan fingerprint density at radius 2 is 1.02 bits per heavy atom. The van der Waals surface area contributed by atoms with Gasteiger partial charge in [0.25, 0.3) is 0 Å². The van der Waals surface area contributed by atoms with E-state index in [1.54, 1.807) is 18.2 Å². The molecule has 5 aromatic carbocycles. The van der Waals surface area contributed by atoms with Gasteiger partial charge >= 0.3 is 12.4 Å². The van der Waals surface area contributed by atoms with Crippen LogP contribution in [0.5, 0.6) is 0 Å². The number of rotatable bonds is 7. The lowest BCUT2D eigenvalue weighted by atomic mass is 10.0. The summed E-state index contributed by atoms with van der Waals surface area (Å²) in [7, 11) is 0. The van der Waals surface area contributed by atoms with E-state index in [2.05, 4.69) is 48.5 Å². The van der Waals surface area contributed by atoms with Crippen molar-refractivity contribution in [3.05, 3.63) is 165 Å². The van der Waals surface area contributed by atoms with Crippen molar-refractivity contribution in [3.63, 3.8) is 0 Å². The van der Waals surface area contributed by atoms with Crippen molar-refractivity contribution in [3.8, 4) is 11.1 Å². The number of hydrogen-bond donors (Lipinski definition) is 4. The van der Waals surface area contributed by atoms with Crippen LogP contribution in [0.1, 0.15) is 59.3 Å². The SMILES string of the molecule is CC(N)c1ccc(-c2ccccc2)cc1.CC(N)c1ccc(F)c(C(F)(F)F)c1.NCCc1ccc(Cl)c(C(F)(F)F)c1.NCCc1ccc(F)cc1. The van der Waals surface area contributed by atoms with Crippen molar-refractivity contribution in [2.45, 2.75) is 51.1 Å². The molecule has 0 amide bonds. The molecule has 0 spiro atoms. The van der Waals surface area contributed by atoms with Gasteiger partial charge in [-0.05, 0) is 110 Å². The summed E-state index contributed by atoms with van der Waals surface area (Å²) in [6.45, 7) is 4.47. The van der Waals surface area contributed by atoms with Gasteiger partial charge in [0.2, 0.25) is 0 Å². The monoisotopic (exact) mass is 766 g/mol. The third-order valence-corrected chi connectivity index (χ3v) is 7.81. The normalized spacial score (nSPS) is 12.2. The minimum absolute atomic E-state index is 0.106. The van der Waals surface area contributed by atoms with Crippen LogP contribution in [0.15, 0.2) is 115 Å². The van der Waals surface area contributed by atoms with E-state index >= 15 is 0 Å². The lowest BCUT2D eigenvalue weighted by Crippen LogP contribution is -2.11. The first-order valence-electron chi connectivity index (χ1n) is 16.4. The molecule has 2 unspecified atom stereocenters. The highest BCUT2D eigenvalue weighted by Crippen LogP contribution is 2.35. The van der Waals surface area contributed by atoms with Crippen molar-refractivity contribution in [2.75, 3.05) is 13.1 Å². The van der Waals surface area contributed by atoms with Gasteiger partial charge in [-0.15, -0.1) is 0 Å². The highest BCUT2D eigenvalue weighted by atomic mass is 35.5. The fourth-order valence-electron chi connectivity index (χ4n) is 4.58. The highest BCUT2D eigenvalue weighted by molar-refractivity contribution is 6.31. The van der Waals surface area contributed by atoms with E-state index in [1.165, 1.54) is 47.9 Å². The summed E-state index contributed by atoms with van der Waals surface area (Å²) in [5, 5.41) is -0.279. The van der Waals surface area contributed by atoms with Gasteiger partial charge in [0.05, 0.1) is 16.1 Å². The molecule has 0 radical (unpaired) electrons. The van der Waals surface area contributed by atoms with Crippen molar-refractivity contribution in [1.29, 1.82) is 0 Å². The van der Waals surface area contributed by atoms with E-state index in [9.17, 15) is 35.1 Å². The molecule has 8 N–H and O–H groups in total. The molecule has 286 valence electrons. The average molecular weight is 767 g/mol. The van der Waals surface area contributed by atoms with Crippen molar-refractivity contribution < 1.29 is 35.1 Å². The summed E-state index contributed by atoms with van der Waals surface area (Å²) < 4.78 is 98.8.